The Morgan fingerprint density at radius 3 is 3.30 bits per heavy atom. The molecule has 0 bridgehead atoms. The van der Waals surface area contributed by atoms with Gasteiger partial charge < -0.3 is 15.2 Å². The van der Waals surface area contributed by atoms with Gasteiger partial charge in [0.2, 0.25) is 5.91 Å². The molecule has 2 aromatic rings. The Labute approximate surface area is 116 Å². The number of amides is 1. The molecule has 6 heteroatoms. The minimum Gasteiger partial charge on any atom is -0.336 e. The van der Waals surface area contributed by atoms with Gasteiger partial charge in [0.1, 0.15) is 0 Å². The summed E-state index contributed by atoms with van der Waals surface area (Å²) >= 11 is 0. The summed E-state index contributed by atoms with van der Waals surface area (Å²) in [5.41, 5.74) is 1.97. The van der Waals surface area contributed by atoms with Gasteiger partial charge in [0.15, 0.2) is 0 Å². The maximum absolute atomic E-state index is 11.9. The molecule has 0 aromatic carbocycles. The van der Waals surface area contributed by atoms with Gasteiger partial charge in [-0.05, 0) is 44.8 Å². The summed E-state index contributed by atoms with van der Waals surface area (Å²) in [5.74, 6) is 0.661. The number of pyridine rings is 1. The summed E-state index contributed by atoms with van der Waals surface area (Å²) in [6.45, 7) is 3.95. The molecular formula is C14H18N4O2. The van der Waals surface area contributed by atoms with Gasteiger partial charge in [-0.3, -0.25) is 4.79 Å². The second-order valence-electron chi connectivity index (χ2n) is 5.29. The van der Waals surface area contributed by atoms with E-state index in [2.05, 4.69) is 20.8 Å². The topological polar surface area (TPSA) is 80.1 Å². The van der Waals surface area contributed by atoms with Crippen LogP contribution >= 0.6 is 0 Å². The summed E-state index contributed by atoms with van der Waals surface area (Å²) in [5, 5.41) is 10.9. The van der Waals surface area contributed by atoms with Crippen molar-refractivity contribution in [1.29, 1.82) is 0 Å². The van der Waals surface area contributed by atoms with E-state index in [4.69, 9.17) is 4.52 Å². The van der Waals surface area contributed by atoms with Gasteiger partial charge in [0.25, 0.3) is 5.71 Å². The number of aromatic nitrogens is 2. The summed E-state index contributed by atoms with van der Waals surface area (Å²) in [4.78, 5) is 16.1. The molecule has 20 heavy (non-hydrogen) atoms. The lowest BCUT2D eigenvalue weighted by Gasteiger charge is -2.08. The van der Waals surface area contributed by atoms with Gasteiger partial charge in [0, 0.05) is 6.42 Å². The molecular weight excluding hydrogens is 256 g/mol. The van der Waals surface area contributed by atoms with Crippen molar-refractivity contribution in [1.82, 2.24) is 15.5 Å². The fourth-order valence-electron chi connectivity index (χ4n) is 2.53. The van der Waals surface area contributed by atoms with Crippen molar-refractivity contribution in [2.75, 3.05) is 18.4 Å². The summed E-state index contributed by atoms with van der Waals surface area (Å²) < 4.78 is 5.04. The Balaban J connectivity index is 1.60. The van der Waals surface area contributed by atoms with Crippen molar-refractivity contribution in [3.63, 3.8) is 0 Å². The first kappa shape index (κ1) is 13.1. The van der Waals surface area contributed by atoms with Crippen molar-refractivity contribution < 1.29 is 9.32 Å². The average molecular weight is 274 g/mol. The second-order valence-corrected chi connectivity index (χ2v) is 5.29. The number of carbonyl (C=O) groups excluding carboxylic acids is 1. The van der Waals surface area contributed by atoms with Crippen LogP contribution in [0.3, 0.4) is 0 Å². The van der Waals surface area contributed by atoms with E-state index in [1.807, 2.05) is 13.0 Å². The van der Waals surface area contributed by atoms with E-state index in [-0.39, 0.29) is 5.91 Å². The molecule has 1 unspecified atom stereocenters. The molecule has 6 nitrogen and oxygen atoms in total. The van der Waals surface area contributed by atoms with Crippen LogP contribution in [0.5, 0.6) is 0 Å². The van der Waals surface area contributed by atoms with E-state index in [1.165, 1.54) is 6.42 Å². The van der Waals surface area contributed by atoms with Gasteiger partial charge in [-0.2, -0.15) is 0 Å². The van der Waals surface area contributed by atoms with Crippen molar-refractivity contribution in [2.24, 2.45) is 5.92 Å². The zero-order valence-electron chi connectivity index (χ0n) is 11.5. The van der Waals surface area contributed by atoms with Crippen LogP contribution in [0.1, 0.15) is 25.0 Å². The molecule has 1 atom stereocenters. The first-order chi connectivity index (χ1) is 9.72. The Morgan fingerprint density at radius 2 is 2.50 bits per heavy atom. The molecule has 0 radical (unpaired) electrons. The number of hydrogen-bond donors (Lipinski definition) is 2. The van der Waals surface area contributed by atoms with E-state index in [0.29, 0.717) is 23.7 Å². The third-order valence-electron chi connectivity index (χ3n) is 3.74. The first-order valence-electron chi connectivity index (χ1n) is 6.95. The molecule has 1 aliphatic heterocycles. The molecule has 0 saturated carbocycles. The highest BCUT2D eigenvalue weighted by Crippen LogP contribution is 2.20. The molecule has 1 saturated heterocycles. The fraction of sp³-hybridized carbons (Fsp3) is 0.500. The third-order valence-corrected chi connectivity index (χ3v) is 3.74. The Morgan fingerprint density at radius 1 is 1.60 bits per heavy atom. The highest BCUT2D eigenvalue weighted by Gasteiger charge is 2.16. The number of fused-ring (bicyclic) bond motifs is 1. The molecule has 106 valence electrons. The Bertz CT molecular complexity index is 617. The molecule has 0 spiro atoms. The van der Waals surface area contributed by atoms with Gasteiger partial charge in [-0.1, -0.05) is 5.16 Å². The number of hydrogen-bond acceptors (Lipinski definition) is 5. The normalized spacial score (nSPS) is 18.6. The van der Waals surface area contributed by atoms with Crippen LogP contribution in [0.15, 0.2) is 16.8 Å². The number of anilines is 1. The zero-order valence-corrected chi connectivity index (χ0v) is 11.5. The molecule has 3 rings (SSSR count). The van der Waals surface area contributed by atoms with Crippen LogP contribution < -0.4 is 10.6 Å². The minimum absolute atomic E-state index is 0.0344. The van der Waals surface area contributed by atoms with E-state index in [9.17, 15) is 4.79 Å². The lowest BCUT2D eigenvalue weighted by atomic mass is 10.0. The fourth-order valence-corrected chi connectivity index (χ4v) is 2.53. The summed E-state index contributed by atoms with van der Waals surface area (Å²) in [7, 11) is 0. The van der Waals surface area contributed by atoms with Crippen LogP contribution in [0, 0.1) is 12.8 Å². The summed E-state index contributed by atoms with van der Waals surface area (Å²) in [6, 6.07) is 1.85. The van der Waals surface area contributed by atoms with Crippen LogP contribution in [-0.2, 0) is 4.79 Å². The average Bonchev–Trinajstić information content (AvgIpc) is 3.07. The van der Waals surface area contributed by atoms with Gasteiger partial charge in [0.05, 0.1) is 23.0 Å². The molecule has 0 aliphatic carbocycles. The predicted octanol–water partition coefficient (Wildman–Crippen LogP) is 1.86. The third kappa shape index (κ3) is 2.80. The molecule has 1 fully saturated rings. The Kier molecular flexibility index (Phi) is 3.64. The number of nitrogens with zero attached hydrogens (tertiary/aromatic N) is 2. The van der Waals surface area contributed by atoms with Gasteiger partial charge in [-0.15, -0.1) is 0 Å². The van der Waals surface area contributed by atoms with E-state index in [1.54, 1.807) is 6.20 Å². The van der Waals surface area contributed by atoms with Gasteiger partial charge >= 0.3 is 0 Å². The maximum Gasteiger partial charge on any atom is 0.258 e. The van der Waals surface area contributed by atoms with Crippen LogP contribution in [0.25, 0.3) is 11.1 Å². The zero-order chi connectivity index (χ0) is 13.9. The van der Waals surface area contributed by atoms with Crippen molar-refractivity contribution >= 4 is 22.7 Å². The van der Waals surface area contributed by atoms with Crippen LogP contribution in [0.4, 0.5) is 5.69 Å². The Hall–Kier alpha value is -1.95. The van der Waals surface area contributed by atoms with Crippen molar-refractivity contribution in [3.8, 4) is 0 Å². The molecule has 1 amide bonds. The van der Waals surface area contributed by atoms with Crippen LogP contribution in [0.2, 0.25) is 0 Å². The van der Waals surface area contributed by atoms with E-state index in [0.717, 1.165) is 30.6 Å². The highest BCUT2D eigenvalue weighted by molar-refractivity contribution is 5.92. The predicted molar refractivity (Wildman–Crippen MR) is 75.4 cm³/mol. The quantitative estimate of drug-likeness (QED) is 0.889. The summed E-state index contributed by atoms with van der Waals surface area (Å²) in [6.07, 6.45) is 4.25. The number of carbonyl (C=O) groups is 1. The minimum atomic E-state index is 0.0344. The monoisotopic (exact) mass is 274 g/mol. The van der Waals surface area contributed by atoms with Crippen LogP contribution in [-0.4, -0.2) is 29.1 Å². The molecule has 1 aliphatic rings. The van der Waals surface area contributed by atoms with Crippen molar-refractivity contribution in [3.05, 3.63) is 18.0 Å². The van der Waals surface area contributed by atoms with E-state index >= 15 is 0 Å². The number of nitrogens with one attached hydrogen (secondary N) is 2. The van der Waals surface area contributed by atoms with E-state index < -0.39 is 0 Å². The smallest absolute Gasteiger partial charge is 0.258 e. The van der Waals surface area contributed by atoms with Crippen molar-refractivity contribution in [2.45, 2.75) is 26.2 Å². The molecule has 2 aromatic heterocycles. The maximum atomic E-state index is 11.9. The second kappa shape index (κ2) is 5.58. The lowest BCUT2D eigenvalue weighted by molar-refractivity contribution is -0.116. The molecule has 2 N–H and O–H groups in total. The molecule has 3 heterocycles. The number of aryl methyl sites for hydroxylation is 1. The largest absolute Gasteiger partial charge is 0.336 e. The SMILES string of the molecule is Cc1noc2ncc(NC(=O)CCC3CCNC3)cc12. The standard InChI is InChI=1S/C14H18N4O2/c1-9-12-6-11(8-16-14(12)20-18-9)17-13(19)3-2-10-4-5-15-7-10/h6,8,10,15H,2-5,7H2,1H3,(H,17,19). The van der Waals surface area contributed by atoms with Gasteiger partial charge in [-0.25, -0.2) is 4.98 Å². The lowest BCUT2D eigenvalue weighted by Crippen LogP contribution is -2.15. The first-order valence-corrected chi connectivity index (χ1v) is 6.95. The number of rotatable bonds is 4. The highest BCUT2D eigenvalue weighted by atomic mass is 16.5.